The number of hydrogen-bond acceptors (Lipinski definition) is 4. The van der Waals surface area contributed by atoms with Crippen LogP contribution in [0.2, 0.25) is 0 Å². The second-order valence-corrected chi connectivity index (χ2v) is 5.16. The minimum absolute atomic E-state index is 0.179. The predicted octanol–water partition coefficient (Wildman–Crippen LogP) is 2.91. The fraction of sp³-hybridized carbons (Fsp3) is 0.308. The Hall–Kier alpha value is -1.46. The van der Waals surface area contributed by atoms with Gasteiger partial charge >= 0.3 is 0 Å². The third-order valence-electron chi connectivity index (χ3n) is 2.73. The van der Waals surface area contributed by atoms with E-state index in [1.807, 2.05) is 14.0 Å². The molecule has 0 bridgehead atoms. The average Bonchev–Trinajstić information content (AvgIpc) is 2.78. The molecule has 2 aromatic rings. The van der Waals surface area contributed by atoms with Crippen molar-refractivity contribution in [1.29, 1.82) is 0 Å². The van der Waals surface area contributed by atoms with Gasteiger partial charge in [0.1, 0.15) is 11.6 Å². The number of aryl methyl sites for hydroxylation is 1. The Morgan fingerprint density at radius 2 is 2.22 bits per heavy atom. The number of ether oxygens (including phenoxy) is 1. The van der Waals surface area contributed by atoms with Gasteiger partial charge in [-0.3, -0.25) is 0 Å². The minimum atomic E-state index is -0.278. The maximum Gasteiger partial charge on any atom is 0.132 e. The lowest BCUT2D eigenvalue weighted by Crippen LogP contribution is -2.17. The summed E-state index contributed by atoms with van der Waals surface area (Å²) in [5.41, 5.74) is 0.599. The zero-order valence-electron chi connectivity index (χ0n) is 10.5. The fourth-order valence-electron chi connectivity index (χ4n) is 1.83. The largest absolute Gasteiger partial charge is 0.497 e. The Morgan fingerprint density at radius 1 is 1.44 bits per heavy atom. The first-order chi connectivity index (χ1) is 8.65. The first-order valence-corrected chi connectivity index (χ1v) is 6.40. The molecule has 1 aromatic carbocycles. The van der Waals surface area contributed by atoms with E-state index in [1.165, 1.54) is 13.2 Å². The molecule has 1 unspecified atom stereocenters. The van der Waals surface area contributed by atoms with Crippen molar-refractivity contribution in [2.24, 2.45) is 0 Å². The molecule has 0 saturated heterocycles. The van der Waals surface area contributed by atoms with E-state index in [2.05, 4.69) is 10.3 Å². The van der Waals surface area contributed by atoms with Crippen LogP contribution in [-0.2, 0) is 0 Å². The highest BCUT2D eigenvalue weighted by Crippen LogP contribution is 2.29. The van der Waals surface area contributed by atoms with Gasteiger partial charge < -0.3 is 10.1 Å². The minimum Gasteiger partial charge on any atom is -0.497 e. The molecule has 0 aliphatic carbocycles. The van der Waals surface area contributed by atoms with Gasteiger partial charge in [0.05, 0.1) is 18.2 Å². The van der Waals surface area contributed by atoms with Crippen LogP contribution in [-0.4, -0.2) is 19.1 Å². The van der Waals surface area contributed by atoms with Crippen LogP contribution in [0.1, 0.15) is 21.5 Å². The number of benzene rings is 1. The Morgan fingerprint density at radius 3 is 2.72 bits per heavy atom. The van der Waals surface area contributed by atoms with Crippen LogP contribution >= 0.6 is 11.3 Å². The van der Waals surface area contributed by atoms with Crippen molar-refractivity contribution in [2.45, 2.75) is 13.0 Å². The Kier molecular flexibility index (Phi) is 3.93. The van der Waals surface area contributed by atoms with E-state index >= 15 is 0 Å². The number of hydrogen-bond donors (Lipinski definition) is 1. The van der Waals surface area contributed by atoms with Crippen molar-refractivity contribution >= 4 is 11.3 Å². The summed E-state index contributed by atoms with van der Waals surface area (Å²) in [7, 11) is 3.33. The molecule has 2 rings (SSSR count). The van der Waals surface area contributed by atoms with Crippen LogP contribution in [0, 0.1) is 12.7 Å². The molecule has 18 heavy (non-hydrogen) atoms. The lowest BCUT2D eigenvalue weighted by atomic mass is 10.1. The number of nitrogens with one attached hydrogen (secondary N) is 1. The third kappa shape index (κ3) is 2.52. The second kappa shape index (κ2) is 5.46. The van der Waals surface area contributed by atoms with Crippen LogP contribution in [0.4, 0.5) is 4.39 Å². The van der Waals surface area contributed by atoms with Crippen molar-refractivity contribution in [1.82, 2.24) is 10.3 Å². The predicted molar refractivity (Wildman–Crippen MR) is 70.7 cm³/mol. The normalized spacial score (nSPS) is 12.4. The SMILES string of the molecule is CNC(c1cnc(C)s1)c1ccc(OC)cc1F. The van der Waals surface area contributed by atoms with Gasteiger partial charge in [0.15, 0.2) is 0 Å². The quantitative estimate of drug-likeness (QED) is 0.924. The molecule has 0 fully saturated rings. The maximum atomic E-state index is 14.0. The summed E-state index contributed by atoms with van der Waals surface area (Å²) in [5.74, 6) is 0.242. The molecule has 5 heteroatoms. The highest BCUT2D eigenvalue weighted by molar-refractivity contribution is 7.11. The van der Waals surface area contributed by atoms with E-state index in [0.717, 1.165) is 9.88 Å². The molecule has 0 aliphatic heterocycles. The number of rotatable bonds is 4. The number of nitrogens with zero attached hydrogens (tertiary/aromatic N) is 1. The van der Waals surface area contributed by atoms with Crippen LogP contribution in [0.15, 0.2) is 24.4 Å². The Balaban J connectivity index is 2.39. The fourth-order valence-corrected chi connectivity index (χ4v) is 2.75. The highest BCUT2D eigenvalue weighted by Gasteiger charge is 2.18. The van der Waals surface area contributed by atoms with Gasteiger partial charge in [-0.05, 0) is 20.0 Å². The van der Waals surface area contributed by atoms with Crippen molar-refractivity contribution in [3.63, 3.8) is 0 Å². The monoisotopic (exact) mass is 266 g/mol. The third-order valence-corrected chi connectivity index (χ3v) is 3.71. The molecule has 0 radical (unpaired) electrons. The van der Waals surface area contributed by atoms with Crippen LogP contribution < -0.4 is 10.1 Å². The topological polar surface area (TPSA) is 34.2 Å². The second-order valence-electron chi connectivity index (χ2n) is 3.89. The van der Waals surface area contributed by atoms with E-state index in [1.54, 1.807) is 29.7 Å². The maximum absolute atomic E-state index is 14.0. The molecule has 1 atom stereocenters. The van der Waals surface area contributed by atoms with Gasteiger partial charge in [-0.2, -0.15) is 0 Å². The number of halogens is 1. The smallest absolute Gasteiger partial charge is 0.132 e. The van der Waals surface area contributed by atoms with E-state index in [0.29, 0.717) is 11.3 Å². The molecule has 1 heterocycles. The summed E-state index contributed by atoms with van der Waals surface area (Å²) in [6.45, 7) is 1.94. The average molecular weight is 266 g/mol. The van der Waals surface area contributed by atoms with E-state index in [4.69, 9.17) is 4.74 Å². The molecular weight excluding hydrogens is 251 g/mol. The van der Waals surface area contributed by atoms with Crippen LogP contribution in [0.5, 0.6) is 5.75 Å². The number of aromatic nitrogens is 1. The lowest BCUT2D eigenvalue weighted by Gasteiger charge is -2.16. The number of thiazole rings is 1. The molecule has 3 nitrogen and oxygen atoms in total. The standard InChI is InChI=1S/C13H15FN2OS/c1-8-16-7-12(18-8)13(15-2)10-5-4-9(17-3)6-11(10)14/h4-7,13,15H,1-3H3. The summed E-state index contributed by atoms with van der Waals surface area (Å²) >= 11 is 1.56. The van der Waals surface area contributed by atoms with Crippen LogP contribution in [0.25, 0.3) is 0 Å². The Bertz CT molecular complexity index is 542. The molecule has 96 valence electrons. The summed E-state index contributed by atoms with van der Waals surface area (Å²) in [6, 6.07) is 4.72. The summed E-state index contributed by atoms with van der Waals surface area (Å²) in [6.07, 6.45) is 1.78. The van der Waals surface area contributed by atoms with Crippen molar-refractivity contribution in [3.05, 3.63) is 45.7 Å². The van der Waals surface area contributed by atoms with Gasteiger partial charge in [-0.15, -0.1) is 11.3 Å². The molecular formula is C13H15FN2OS. The van der Waals surface area contributed by atoms with Crippen molar-refractivity contribution in [2.75, 3.05) is 14.2 Å². The molecule has 1 N–H and O–H groups in total. The summed E-state index contributed by atoms with van der Waals surface area (Å²) in [5, 5.41) is 4.09. The van der Waals surface area contributed by atoms with E-state index in [9.17, 15) is 4.39 Å². The summed E-state index contributed by atoms with van der Waals surface area (Å²) in [4.78, 5) is 5.20. The lowest BCUT2D eigenvalue weighted by molar-refractivity contribution is 0.410. The Labute approximate surface area is 110 Å². The van der Waals surface area contributed by atoms with Gasteiger partial charge in [0, 0.05) is 22.7 Å². The first kappa shape index (κ1) is 13.0. The molecule has 0 spiro atoms. The first-order valence-electron chi connectivity index (χ1n) is 5.58. The zero-order valence-corrected chi connectivity index (χ0v) is 11.3. The molecule has 1 aromatic heterocycles. The zero-order chi connectivity index (χ0) is 13.1. The highest BCUT2D eigenvalue weighted by atomic mass is 32.1. The van der Waals surface area contributed by atoms with Gasteiger partial charge in [0.2, 0.25) is 0 Å². The van der Waals surface area contributed by atoms with Gasteiger partial charge in [-0.1, -0.05) is 6.07 Å². The summed E-state index contributed by atoms with van der Waals surface area (Å²) < 4.78 is 19.0. The molecule has 0 aliphatic rings. The number of methoxy groups -OCH3 is 1. The van der Waals surface area contributed by atoms with Gasteiger partial charge in [0.25, 0.3) is 0 Å². The molecule has 0 saturated carbocycles. The van der Waals surface area contributed by atoms with E-state index < -0.39 is 0 Å². The van der Waals surface area contributed by atoms with Crippen molar-refractivity contribution < 1.29 is 9.13 Å². The van der Waals surface area contributed by atoms with E-state index in [-0.39, 0.29) is 11.9 Å². The van der Waals surface area contributed by atoms with Crippen LogP contribution in [0.3, 0.4) is 0 Å². The van der Waals surface area contributed by atoms with Crippen molar-refractivity contribution in [3.8, 4) is 5.75 Å². The van der Waals surface area contributed by atoms with Gasteiger partial charge in [-0.25, -0.2) is 9.37 Å². The molecule has 0 amide bonds.